The van der Waals surface area contributed by atoms with E-state index in [-0.39, 0.29) is 5.95 Å². The van der Waals surface area contributed by atoms with Gasteiger partial charge in [0.1, 0.15) is 5.41 Å². The van der Waals surface area contributed by atoms with E-state index in [4.69, 9.17) is 5.11 Å². The predicted octanol–water partition coefficient (Wildman–Crippen LogP) is 1.37. The van der Waals surface area contributed by atoms with Gasteiger partial charge in [-0.2, -0.15) is 0 Å². The van der Waals surface area contributed by atoms with Crippen LogP contribution < -0.4 is 5.32 Å². The first-order chi connectivity index (χ1) is 8.62. The van der Waals surface area contributed by atoms with Gasteiger partial charge in [-0.05, 0) is 25.0 Å². The van der Waals surface area contributed by atoms with Gasteiger partial charge >= 0.3 is 5.97 Å². The van der Waals surface area contributed by atoms with Crippen LogP contribution in [0.25, 0.3) is 11.0 Å². The Hall–Kier alpha value is -2.37. The Balaban J connectivity index is 1.84. The molecule has 0 aliphatic heterocycles. The van der Waals surface area contributed by atoms with Gasteiger partial charge in [0.25, 0.3) is 0 Å². The minimum absolute atomic E-state index is 0.286. The normalized spacial score (nSPS) is 16.4. The van der Waals surface area contributed by atoms with Crippen molar-refractivity contribution in [3.05, 3.63) is 24.3 Å². The first kappa shape index (κ1) is 10.8. The van der Waals surface area contributed by atoms with Crippen LogP contribution in [0, 0.1) is 5.41 Å². The minimum atomic E-state index is -1.25. The Labute approximate surface area is 102 Å². The van der Waals surface area contributed by atoms with Crippen LogP contribution in [0.1, 0.15) is 12.8 Å². The zero-order valence-corrected chi connectivity index (χ0v) is 9.43. The molecule has 1 saturated carbocycles. The van der Waals surface area contributed by atoms with E-state index in [0.29, 0.717) is 12.8 Å². The Kier molecular flexibility index (Phi) is 2.13. The number of amides is 1. The SMILES string of the molecule is O=C(O)C1(C(=O)Nc2nc3ccccc3[nH]2)CC1. The lowest BCUT2D eigenvalue weighted by molar-refractivity contribution is -0.147. The lowest BCUT2D eigenvalue weighted by Crippen LogP contribution is -2.31. The van der Waals surface area contributed by atoms with E-state index in [1.807, 2.05) is 24.3 Å². The second-order valence-electron chi connectivity index (χ2n) is 4.44. The van der Waals surface area contributed by atoms with Crippen molar-refractivity contribution in [3.63, 3.8) is 0 Å². The molecule has 1 aliphatic rings. The number of carboxylic acids is 1. The molecule has 0 saturated heterocycles. The first-order valence-corrected chi connectivity index (χ1v) is 5.61. The molecule has 0 radical (unpaired) electrons. The second kappa shape index (κ2) is 3.56. The highest BCUT2D eigenvalue weighted by Crippen LogP contribution is 2.46. The Morgan fingerprint density at radius 3 is 2.67 bits per heavy atom. The van der Waals surface area contributed by atoms with Gasteiger partial charge < -0.3 is 10.1 Å². The third-order valence-corrected chi connectivity index (χ3v) is 3.22. The number of para-hydroxylation sites is 2. The highest BCUT2D eigenvalue weighted by molar-refractivity contribution is 6.10. The number of benzene rings is 1. The van der Waals surface area contributed by atoms with Crippen LogP contribution in [0.5, 0.6) is 0 Å². The van der Waals surface area contributed by atoms with Crippen LogP contribution in [-0.2, 0) is 9.59 Å². The van der Waals surface area contributed by atoms with E-state index in [1.54, 1.807) is 0 Å². The number of rotatable bonds is 3. The molecule has 0 atom stereocenters. The van der Waals surface area contributed by atoms with Gasteiger partial charge in [0.15, 0.2) is 0 Å². The van der Waals surface area contributed by atoms with Gasteiger partial charge in [-0.15, -0.1) is 0 Å². The highest BCUT2D eigenvalue weighted by atomic mass is 16.4. The van der Waals surface area contributed by atoms with Crippen molar-refractivity contribution in [3.8, 4) is 0 Å². The molecular formula is C12H11N3O3. The van der Waals surface area contributed by atoms with Gasteiger partial charge in [0.05, 0.1) is 11.0 Å². The minimum Gasteiger partial charge on any atom is -0.480 e. The number of H-pyrrole nitrogens is 1. The molecule has 1 amide bonds. The average molecular weight is 245 g/mol. The zero-order chi connectivity index (χ0) is 12.8. The van der Waals surface area contributed by atoms with Crippen LogP contribution >= 0.6 is 0 Å². The number of aromatic amines is 1. The molecule has 1 aromatic heterocycles. The topological polar surface area (TPSA) is 95.1 Å². The summed E-state index contributed by atoms with van der Waals surface area (Å²) >= 11 is 0. The fraction of sp³-hybridized carbons (Fsp3) is 0.250. The fourth-order valence-electron chi connectivity index (χ4n) is 1.90. The molecule has 0 spiro atoms. The van der Waals surface area contributed by atoms with Crippen molar-refractivity contribution in [2.45, 2.75) is 12.8 Å². The average Bonchev–Trinajstić information content (AvgIpc) is 3.05. The molecule has 2 aromatic rings. The fourth-order valence-corrected chi connectivity index (χ4v) is 1.90. The third kappa shape index (κ3) is 1.54. The number of hydrogen-bond donors (Lipinski definition) is 3. The van der Waals surface area contributed by atoms with E-state index in [9.17, 15) is 9.59 Å². The molecule has 92 valence electrons. The molecule has 1 heterocycles. The smallest absolute Gasteiger partial charge is 0.319 e. The number of nitrogens with zero attached hydrogens (tertiary/aromatic N) is 1. The molecule has 0 unspecified atom stereocenters. The quantitative estimate of drug-likeness (QED) is 0.711. The number of aromatic nitrogens is 2. The highest BCUT2D eigenvalue weighted by Gasteiger charge is 2.57. The van der Waals surface area contributed by atoms with E-state index in [1.165, 1.54) is 0 Å². The van der Waals surface area contributed by atoms with E-state index in [2.05, 4.69) is 15.3 Å². The number of carbonyl (C=O) groups is 2. The molecular weight excluding hydrogens is 234 g/mol. The largest absolute Gasteiger partial charge is 0.480 e. The Bertz CT molecular complexity index is 610. The van der Waals surface area contributed by atoms with Gasteiger partial charge in [-0.25, -0.2) is 4.98 Å². The number of imidazole rings is 1. The van der Waals surface area contributed by atoms with Crippen LogP contribution in [0.15, 0.2) is 24.3 Å². The maximum absolute atomic E-state index is 11.9. The van der Waals surface area contributed by atoms with Crippen LogP contribution in [0.2, 0.25) is 0 Å². The molecule has 1 aliphatic carbocycles. The molecule has 18 heavy (non-hydrogen) atoms. The third-order valence-electron chi connectivity index (χ3n) is 3.22. The molecule has 1 aromatic carbocycles. The van der Waals surface area contributed by atoms with Crippen molar-refractivity contribution in [2.24, 2.45) is 5.41 Å². The molecule has 6 heteroatoms. The standard InChI is InChI=1S/C12H11N3O3/c16-9(12(5-6-12)10(17)18)15-11-13-7-3-1-2-4-8(7)14-11/h1-4H,5-6H2,(H,17,18)(H2,13,14,15,16). The lowest BCUT2D eigenvalue weighted by Gasteiger charge is -2.07. The summed E-state index contributed by atoms with van der Waals surface area (Å²) in [6.45, 7) is 0. The summed E-state index contributed by atoms with van der Waals surface area (Å²) in [5, 5.41) is 11.5. The maximum atomic E-state index is 11.9. The van der Waals surface area contributed by atoms with Crippen LogP contribution in [0.4, 0.5) is 5.95 Å². The zero-order valence-electron chi connectivity index (χ0n) is 9.43. The van der Waals surface area contributed by atoms with Gasteiger partial charge in [-0.1, -0.05) is 12.1 Å². The summed E-state index contributed by atoms with van der Waals surface area (Å²) in [5.74, 6) is -1.29. The van der Waals surface area contributed by atoms with Crippen molar-refractivity contribution >= 4 is 28.9 Å². The summed E-state index contributed by atoms with van der Waals surface area (Å²) in [7, 11) is 0. The number of carboxylic acid groups (broad SMARTS) is 1. The van der Waals surface area contributed by atoms with E-state index in [0.717, 1.165) is 11.0 Å². The van der Waals surface area contributed by atoms with Crippen LogP contribution in [0.3, 0.4) is 0 Å². The molecule has 3 rings (SSSR count). The molecule has 0 bridgehead atoms. The first-order valence-electron chi connectivity index (χ1n) is 5.61. The van der Waals surface area contributed by atoms with Crippen molar-refractivity contribution in [1.82, 2.24) is 9.97 Å². The summed E-state index contributed by atoms with van der Waals surface area (Å²) in [6, 6.07) is 7.34. The molecule has 3 N–H and O–H groups in total. The summed E-state index contributed by atoms with van der Waals surface area (Å²) in [4.78, 5) is 30.0. The van der Waals surface area contributed by atoms with Crippen LogP contribution in [-0.4, -0.2) is 27.0 Å². The number of anilines is 1. The molecule has 6 nitrogen and oxygen atoms in total. The number of fused-ring (bicyclic) bond motifs is 1. The maximum Gasteiger partial charge on any atom is 0.319 e. The monoisotopic (exact) mass is 245 g/mol. The summed E-state index contributed by atoms with van der Waals surface area (Å²) < 4.78 is 0. The predicted molar refractivity (Wildman–Crippen MR) is 64.0 cm³/mol. The van der Waals surface area contributed by atoms with E-state index >= 15 is 0 Å². The lowest BCUT2D eigenvalue weighted by atomic mass is 10.1. The summed E-state index contributed by atoms with van der Waals surface area (Å²) in [5.41, 5.74) is 0.278. The van der Waals surface area contributed by atoms with Crippen molar-refractivity contribution in [2.75, 3.05) is 5.32 Å². The summed E-state index contributed by atoms with van der Waals surface area (Å²) in [6.07, 6.45) is 0.767. The van der Waals surface area contributed by atoms with Gasteiger partial charge in [0, 0.05) is 0 Å². The van der Waals surface area contributed by atoms with Gasteiger partial charge in [-0.3, -0.25) is 14.9 Å². The number of aliphatic carboxylic acids is 1. The van der Waals surface area contributed by atoms with E-state index < -0.39 is 17.3 Å². The van der Waals surface area contributed by atoms with Crippen molar-refractivity contribution < 1.29 is 14.7 Å². The number of carbonyl (C=O) groups excluding carboxylic acids is 1. The second-order valence-corrected chi connectivity index (χ2v) is 4.44. The van der Waals surface area contributed by atoms with Gasteiger partial charge in [0.2, 0.25) is 11.9 Å². The Morgan fingerprint density at radius 1 is 1.33 bits per heavy atom. The number of hydrogen-bond acceptors (Lipinski definition) is 3. The Morgan fingerprint density at radius 2 is 2.06 bits per heavy atom. The van der Waals surface area contributed by atoms with Crippen molar-refractivity contribution in [1.29, 1.82) is 0 Å². The molecule has 1 fully saturated rings. The number of nitrogens with one attached hydrogen (secondary N) is 2.